The summed E-state index contributed by atoms with van der Waals surface area (Å²) in [6.07, 6.45) is 3.16. The lowest BCUT2D eigenvalue weighted by Crippen LogP contribution is -2.46. The van der Waals surface area contributed by atoms with Gasteiger partial charge in [-0.25, -0.2) is 4.79 Å². The minimum absolute atomic E-state index is 0.00765. The van der Waals surface area contributed by atoms with Gasteiger partial charge in [0.1, 0.15) is 0 Å². The Bertz CT molecular complexity index is 1070. The first kappa shape index (κ1) is 18.2. The van der Waals surface area contributed by atoms with Crippen LogP contribution in [0.25, 0.3) is 5.69 Å². The smallest absolute Gasteiger partial charge is 0.351 e. The summed E-state index contributed by atoms with van der Waals surface area (Å²) in [5.74, 6) is -0.622. The van der Waals surface area contributed by atoms with Crippen LogP contribution < -0.4 is 16.6 Å². The number of benzene rings is 1. The summed E-state index contributed by atoms with van der Waals surface area (Å²) in [6.45, 7) is 3.99. The predicted molar refractivity (Wildman–Crippen MR) is 100 cm³/mol. The molecule has 1 amide bonds. The maximum atomic E-state index is 12.9. The van der Waals surface area contributed by atoms with E-state index in [0.717, 1.165) is 14.8 Å². The van der Waals surface area contributed by atoms with Crippen LogP contribution in [0.15, 0.2) is 58.4 Å². The Kier molecular flexibility index (Phi) is 5.25. The second-order valence-electron chi connectivity index (χ2n) is 5.99. The zero-order valence-corrected chi connectivity index (χ0v) is 15.0. The Balaban J connectivity index is 2.21. The van der Waals surface area contributed by atoms with Crippen LogP contribution in [-0.4, -0.2) is 31.8 Å². The first-order valence-corrected chi connectivity index (χ1v) is 8.49. The molecule has 0 saturated heterocycles. The number of nitrogens with one attached hydrogen (secondary N) is 1. The highest BCUT2D eigenvalue weighted by molar-refractivity contribution is 5.91. The van der Waals surface area contributed by atoms with Crippen molar-refractivity contribution in [2.45, 2.75) is 20.4 Å². The van der Waals surface area contributed by atoms with E-state index in [1.54, 1.807) is 43.6 Å². The topological polar surface area (TPSA) is 98.9 Å². The third-order valence-corrected chi connectivity index (χ3v) is 3.95. The number of pyridine rings is 1. The molecule has 0 radical (unpaired) electrons. The lowest BCUT2D eigenvalue weighted by atomic mass is 10.2. The van der Waals surface area contributed by atoms with Gasteiger partial charge in [0.05, 0.1) is 12.2 Å². The van der Waals surface area contributed by atoms with E-state index in [-0.39, 0.29) is 12.2 Å². The molecule has 2 heterocycles. The lowest BCUT2D eigenvalue weighted by Gasteiger charge is -2.12. The maximum absolute atomic E-state index is 12.9. The first-order chi connectivity index (χ1) is 13.0. The molecule has 0 aliphatic rings. The van der Waals surface area contributed by atoms with Crippen LogP contribution >= 0.6 is 0 Å². The highest BCUT2D eigenvalue weighted by atomic mass is 16.2. The number of amides is 1. The van der Waals surface area contributed by atoms with E-state index < -0.39 is 17.2 Å². The predicted octanol–water partition coefficient (Wildman–Crippen LogP) is 0.896. The van der Waals surface area contributed by atoms with Crippen molar-refractivity contribution in [3.63, 3.8) is 0 Å². The molecule has 8 heteroatoms. The number of nitrogens with zero attached hydrogens (tertiary/aromatic N) is 4. The van der Waals surface area contributed by atoms with E-state index in [1.807, 2.05) is 19.1 Å². The number of hydrogen-bond acceptors (Lipinski definition) is 5. The molecule has 1 N–H and O–H groups in total. The third kappa shape index (κ3) is 3.84. The molecular weight excluding hydrogens is 346 g/mol. The lowest BCUT2D eigenvalue weighted by molar-refractivity contribution is 0.0946. The fourth-order valence-electron chi connectivity index (χ4n) is 2.57. The van der Waals surface area contributed by atoms with Crippen LogP contribution in [-0.2, 0) is 6.54 Å². The van der Waals surface area contributed by atoms with Gasteiger partial charge in [-0.2, -0.15) is 9.78 Å². The molecule has 138 valence electrons. The monoisotopic (exact) mass is 365 g/mol. The second kappa shape index (κ2) is 7.77. The normalized spacial score (nSPS) is 10.6. The maximum Gasteiger partial charge on any atom is 0.352 e. The molecule has 27 heavy (non-hydrogen) atoms. The van der Waals surface area contributed by atoms with Gasteiger partial charge in [0, 0.05) is 18.9 Å². The summed E-state index contributed by atoms with van der Waals surface area (Å²) in [5, 5.41) is 6.59. The van der Waals surface area contributed by atoms with E-state index in [2.05, 4.69) is 15.4 Å². The van der Waals surface area contributed by atoms with Crippen LogP contribution in [0.2, 0.25) is 0 Å². The molecule has 1 aromatic carbocycles. The quantitative estimate of drug-likeness (QED) is 0.724. The highest BCUT2D eigenvalue weighted by Crippen LogP contribution is 2.06. The Morgan fingerprint density at radius 2 is 1.89 bits per heavy atom. The van der Waals surface area contributed by atoms with E-state index in [9.17, 15) is 14.4 Å². The summed E-state index contributed by atoms with van der Waals surface area (Å²) in [4.78, 5) is 42.0. The standard InChI is InChI=1S/C19H19N5O3/c1-3-21-17(25)16-18(26)23(12-14-5-4-10-20-11-14)19(27)24(22-16)15-8-6-13(2)7-9-15/h4-11H,3,12H2,1-2H3,(H,21,25). The highest BCUT2D eigenvalue weighted by Gasteiger charge is 2.20. The van der Waals surface area contributed by atoms with E-state index in [0.29, 0.717) is 17.8 Å². The molecule has 0 unspecified atom stereocenters. The van der Waals surface area contributed by atoms with Gasteiger partial charge < -0.3 is 5.32 Å². The van der Waals surface area contributed by atoms with Crippen molar-refractivity contribution in [1.82, 2.24) is 24.6 Å². The second-order valence-corrected chi connectivity index (χ2v) is 5.99. The van der Waals surface area contributed by atoms with Gasteiger partial charge in [-0.05, 0) is 37.6 Å². The van der Waals surface area contributed by atoms with Crippen molar-refractivity contribution >= 4 is 5.91 Å². The van der Waals surface area contributed by atoms with E-state index >= 15 is 0 Å². The van der Waals surface area contributed by atoms with Crippen LogP contribution in [0.1, 0.15) is 28.5 Å². The van der Waals surface area contributed by atoms with E-state index in [1.165, 1.54) is 0 Å². The summed E-state index contributed by atoms with van der Waals surface area (Å²) in [5.41, 5.74) is 0.454. The fraction of sp³-hybridized carbons (Fsp3) is 0.211. The number of carbonyl (C=O) groups is 1. The number of aryl methyl sites for hydroxylation is 1. The van der Waals surface area contributed by atoms with Crippen LogP contribution in [0, 0.1) is 6.92 Å². The minimum atomic E-state index is -0.738. The summed E-state index contributed by atoms with van der Waals surface area (Å²) in [6, 6.07) is 10.5. The third-order valence-electron chi connectivity index (χ3n) is 3.95. The van der Waals surface area contributed by atoms with Gasteiger partial charge in [0.2, 0.25) is 5.69 Å². The van der Waals surface area contributed by atoms with Gasteiger partial charge in [-0.15, -0.1) is 0 Å². The van der Waals surface area contributed by atoms with Crippen LogP contribution in [0.5, 0.6) is 0 Å². The summed E-state index contributed by atoms with van der Waals surface area (Å²) in [7, 11) is 0. The Labute approximate surface area is 155 Å². The number of carbonyl (C=O) groups excluding carboxylic acids is 1. The molecule has 3 rings (SSSR count). The number of aromatic nitrogens is 4. The van der Waals surface area contributed by atoms with Crippen LogP contribution in [0.3, 0.4) is 0 Å². The SMILES string of the molecule is CCNC(=O)c1nn(-c2ccc(C)cc2)c(=O)n(Cc2cccnc2)c1=O. The summed E-state index contributed by atoms with van der Waals surface area (Å²) >= 11 is 0. The summed E-state index contributed by atoms with van der Waals surface area (Å²) < 4.78 is 2.07. The molecule has 0 atom stereocenters. The van der Waals surface area contributed by atoms with Crippen LogP contribution in [0.4, 0.5) is 0 Å². The molecule has 3 aromatic rings. The minimum Gasteiger partial charge on any atom is -0.351 e. The zero-order valence-electron chi connectivity index (χ0n) is 15.0. The molecule has 0 bridgehead atoms. The van der Waals surface area contributed by atoms with Crippen molar-refractivity contribution in [1.29, 1.82) is 0 Å². The number of hydrogen-bond donors (Lipinski definition) is 1. The Hall–Kier alpha value is -3.55. The Morgan fingerprint density at radius 3 is 2.52 bits per heavy atom. The molecule has 0 spiro atoms. The molecule has 8 nitrogen and oxygen atoms in total. The molecule has 0 fully saturated rings. The zero-order chi connectivity index (χ0) is 19.4. The average molecular weight is 365 g/mol. The molecule has 0 aliphatic heterocycles. The molecular formula is C19H19N5O3. The average Bonchev–Trinajstić information content (AvgIpc) is 2.67. The molecule has 2 aromatic heterocycles. The van der Waals surface area contributed by atoms with E-state index in [4.69, 9.17) is 0 Å². The largest absolute Gasteiger partial charge is 0.352 e. The van der Waals surface area contributed by atoms with Gasteiger partial charge >= 0.3 is 5.69 Å². The van der Waals surface area contributed by atoms with Crippen molar-refractivity contribution in [2.75, 3.05) is 6.54 Å². The molecule has 0 aliphatic carbocycles. The Morgan fingerprint density at radius 1 is 1.15 bits per heavy atom. The van der Waals surface area contributed by atoms with Crippen molar-refractivity contribution in [3.05, 3.63) is 86.5 Å². The van der Waals surface area contributed by atoms with Crippen molar-refractivity contribution in [3.8, 4) is 5.69 Å². The first-order valence-electron chi connectivity index (χ1n) is 8.49. The van der Waals surface area contributed by atoms with Crippen molar-refractivity contribution < 1.29 is 4.79 Å². The van der Waals surface area contributed by atoms with Crippen molar-refractivity contribution in [2.24, 2.45) is 0 Å². The van der Waals surface area contributed by atoms with Gasteiger partial charge in [-0.3, -0.25) is 19.1 Å². The molecule has 0 saturated carbocycles. The fourth-order valence-corrected chi connectivity index (χ4v) is 2.57. The van der Waals surface area contributed by atoms with Gasteiger partial charge in [-0.1, -0.05) is 23.8 Å². The van der Waals surface area contributed by atoms with Gasteiger partial charge in [0.25, 0.3) is 11.5 Å². The van der Waals surface area contributed by atoms with Gasteiger partial charge in [0.15, 0.2) is 0 Å². The number of rotatable bonds is 5.